The van der Waals surface area contributed by atoms with Crippen LogP contribution >= 0.6 is 0 Å². The van der Waals surface area contributed by atoms with Crippen LogP contribution in [-0.2, 0) is 19.1 Å². The van der Waals surface area contributed by atoms with Crippen LogP contribution in [0.1, 0.15) is 41.5 Å². The summed E-state index contributed by atoms with van der Waals surface area (Å²) in [6.07, 6.45) is 0. The van der Waals surface area contributed by atoms with E-state index in [1.807, 2.05) is 0 Å². The van der Waals surface area contributed by atoms with Gasteiger partial charge < -0.3 is 10.1 Å². The molecule has 1 saturated heterocycles. The Labute approximate surface area is 149 Å². The summed E-state index contributed by atoms with van der Waals surface area (Å²) in [5, 5.41) is 2.49. The van der Waals surface area contributed by atoms with Gasteiger partial charge in [-0.3, -0.25) is 28.9 Å². The second-order valence-electron chi connectivity index (χ2n) is 6.44. The van der Waals surface area contributed by atoms with E-state index in [4.69, 9.17) is 4.74 Å². The number of β-lactam (4-membered cyclic amide) rings is 1. The van der Waals surface area contributed by atoms with Gasteiger partial charge in [-0.15, -0.1) is 0 Å². The highest BCUT2D eigenvalue weighted by atomic mass is 16.5. The number of nitrogens with one attached hydrogen (secondary N) is 1. The fourth-order valence-corrected chi connectivity index (χ4v) is 3.33. The second-order valence-corrected chi connectivity index (χ2v) is 6.44. The van der Waals surface area contributed by atoms with Crippen molar-refractivity contribution >= 4 is 29.5 Å². The Morgan fingerprint density at radius 3 is 2.12 bits per heavy atom. The van der Waals surface area contributed by atoms with Gasteiger partial charge in [-0.05, 0) is 32.9 Å². The molecule has 1 unspecified atom stereocenters. The third kappa shape index (κ3) is 2.25. The molecular weight excluding hydrogens is 340 g/mol. The van der Waals surface area contributed by atoms with E-state index >= 15 is 0 Å². The van der Waals surface area contributed by atoms with Crippen molar-refractivity contribution in [2.45, 2.75) is 32.9 Å². The molecule has 3 atom stereocenters. The lowest BCUT2D eigenvalue weighted by Crippen LogP contribution is -2.76. The summed E-state index contributed by atoms with van der Waals surface area (Å²) in [4.78, 5) is 63.0. The van der Waals surface area contributed by atoms with Crippen LogP contribution in [0.15, 0.2) is 24.3 Å². The maximum Gasteiger partial charge on any atom is 0.321 e. The highest BCUT2D eigenvalue weighted by molar-refractivity contribution is 6.23. The molecule has 3 amide bonds. The van der Waals surface area contributed by atoms with E-state index in [0.29, 0.717) is 0 Å². The summed E-state index contributed by atoms with van der Waals surface area (Å²) in [5.74, 6) is -3.17. The van der Waals surface area contributed by atoms with E-state index < -0.39 is 47.0 Å². The number of hydrogen-bond acceptors (Lipinski definition) is 6. The van der Waals surface area contributed by atoms with Crippen molar-refractivity contribution in [3.8, 4) is 0 Å². The number of esters is 1. The van der Waals surface area contributed by atoms with Crippen LogP contribution in [-0.4, -0.2) is 53.1 Å². The summed E-state index contributed by atoms with van der Waals surface area (Å²) in [5.41, 5.74) is -1.32. The molecular formula is C18H18N2O6. The number of Topliss-reactive ketones (excluding diaryl/α,β-unsaturated/α-hetero) is 1. The van der Waals surface area contributed by atoms with Gasteiger partial charge in [-0.1, -0.05) is 12.1 Å². The molecule has 1 N–H and O–H groups in total. The lowest BCUT2D eigenvalue weighted by Gasteiger charge is -2.47. The monoisotopic (exact) mass is 358 g/mol. The maximum atomic E-state index is 12.6. The molecule has 2 heterocycles. The molecule has 136 valence electrons. The molecule has 0 bridgehead atoms. The lowest BCUT2D eigenvalue weighted by molar-refractivity contribution is -0.166. The minimum Gasteiger partial charge on any atom is -0.465 e. The van der Waals surface area contributed by atoms with E-state index in [1.165, 1.54) is 26.0 Å². The standard InChI is InChI=1S/C18H18N2O6/c1-4-26-17(25)18(3,9(2)21)13-12(14(22)19-13)20-15(23)10-7-5-6-8-11(10)16(20)24/h5-8,12-13H,4H2,1-3H3,(H,19,22)/t12-,13+,18?/m1/s1. The van der Waals surface area contributed by atoms with Gasteiger partial charge in [0.15, 0.2) is 0 Å². The van der Waals surface area contributed by atoms with E-state index in [0.717, 1.165) is 4.90 Å². The normalized spacial score (nSPS) is 23.7. The quantitative estimate of drug-likeness (QED) is 0.351. The Bertz CT molecular complexity index is 813. The van der Waals surface area contributed by atoms with E-state index in [9.17, 15) is 24.0 Å². The van der Waals surface area contributed by atoms with Crippen LogP contribution in [0.3, 0.4) is 0 Å². The van der Waals surface area contributed by atoms with Crippen molar-refractivity contribution in [2.75, 3.05) is 6.61 Å². The predicted octanol–water partition coefficient (Wildman–Crippen LogP) is 0.308. The number of nitrogens with zero attached hydrogens (tertiary/aromatic N) is 1. The number of hydrogen-bond donors (Lipinski definition) is 1. The fourth-order valence-electron chi connectivity index (χ4n) is 3.33. The highest BCUT2D eigenvalue weighted by Gasteiger charge is 2.62. The summed E-state index contributed by atoms with van der Waals surface area (Å²) < 4.78 is 4.99. The molecule has 0 radical (unpaired) electrons. The summed E-state index contributed by atoms with van der Waals surface area (Å²) >= 11 is 0. The first-order chi connectivity index (χ1) is 12.2. The van der Waals surface area contributed by atoms with Crippen molar-refractivity contribution < 1.29 is 28.7 Å². The third-order valence-corrected chi connectivity index (χ3v) is 5.04. The minimum absolute atomic E-state index is 0.0556. The zero-order valence-electron chi connectivity index (χ0n) is 14.6. The molecule has 1 aromatic rings. The van der Waals surface area contributed by atoms with E-state index in [1.54, 1.807) is 19.1 Å². The number of ketones is 1. The molecule has 1 aromatic carbocycles. The van der Waals surface area contributed by atoms with Crippen LogP contribution < -0.4 is 5.32 Å². The van der Waals surface area contributed by atoms with Gasteiger partial charge in [0.05, 0.1) is 23.8 Å². The molecule has 0 aliphatic carbocycles. The molecule has 0 saturated carbocycles. The molecule has 8 nitrogen and oxygen atoms in total. The number of carbonyl (C=O) groups is 5. The van der Waals surface area contributed by atoms with Crippen LogP contribution in [0.5, 0.6) is 0 Å². The van der Waals surface area contributed by atoms with Gasteiger partial charge in [-0.2, -0.15) is 0 Å². The number of imide groups is 1. The summed E-state index contributed by atoms with van der Waals surface area (Å²) in [6.45, 7) is 4.21. The number of fused-ring (bicyclic) bond motifs is 1. The Hall–Kier alpha value is -3.03. The molecule has 0 spiro atoms. The Morgan fingerprint density at radius 2 is 1.69 bits per heavy atom. The molecule has 2 aliphatic heterocycles. The number of rotatable bonds is 5. The SMILES string of the molecule is CCOC(=O)C(C)(C(C)=O)[C@H]1NC(=O)[C@@H]1N1C(=O)c2ccccc2C1=O. The van der Waals surface area contributed by atoms with Crippen molar-refractivity contribution in [1.82, 2.24) is 10.2 Å². The average molecular weight is 358 g/mol. The number of carbonyl (C=O) groups excluding carboxylic acids is 5. The summed E-state index contributed by atoms with van der Waals surface area (Å²) in [6, 6.07) is 3.93. The lowest BCUT2D eigenvalue weighted by atomic mass is 9.71. The van der Waals surface area contributed by atoms with Gasteiger partial charge in [-0.25, -0.2) is 0 Å². The van der Waals surface area contributed by atoms with Crippen LogP contribution in [0.2, 0.25) is 0 Å². The van der Waals surface area contributed by atoms with Gasteiger partial charge in [0, 0.05) is 0 Å². The smallest absolute Gasteiger partial charge is 0.321 e. The predicted molar refractivity (Wildman–Crippen MR) is 88.1 cm³/mol. The van der Waals surface area contributed by atoms with Crippen molar-refractivity contribution in [2.24, 2.45) is 5.41 Å². The van der Waals surface area contributed by atoms with Crippen molar-refractivity contribution in [3.63, 3.8) is 0 Å². The Balaban J connectivity index is 1.99. The topological polar surface area (TPSA) is 110 Å². The Kier molecular flexibility index (Phi) is 4.14. The third-order valence-electron chi connectivity index (χ3n) is 5.04. The van der Waals surface area contributed by atoms with Crippen LogP contribution in [0.25, 0.3) is 0 Å². The molecule has 26 heavy (non-hydrogen) atoms. The molecule has 2 aliphatic rings. The first-order valence-corrected chi connectivity index (χ1v) is 8.20. The van der Waals surface area contributed by atoms with Crippen LogP contribution in [0.4, 0.5) is 0 Å². The largest absolute Gasteiger partial charge is 0.465 e. The van der Waals surface area contributed by atoms with Crippen molar-refractivity contribution in [1.29, 1.82) is 0 Å². The summed E-state index contributed by atoms with van der Waals surface area (Å²) in [7, 11) is 0. The maximum absolute atomic E-state index is 12.6. The number of amides is 3. The highest BCUT2D eigenvalue weighted by Crippen LogP contribution is 2.37. The van der Waals surface area contributed by atoms with Gasteiger partial charge in [0.25, 0.3) is 11.8 Å². The minimum atomic E-state index is -1.70. The first kappa shape index (κ1) is 17.8. The molecule has 8 heteroatoms. The van der Waals surface area contributed by atoms with Crippen LogP contribution in [0, 0.1) is 5.41 Å². The number of benzene rings is 1. The number of ether oxygens (including phenoxy) is 1. The van der Waals surface area contributed by atoms with E-state index in [2.05, 4.69) is 5.32 Å². The fraction of sp³-hybridized carbons (Fsp3) is 0.389. The van der Waals surface area contributed by atoms with Gasteiger partial charge in [0.1, 0.15) is 17.2 Å². The zero-order valence-corrected chi connectivity index (χ0v) is 14.6. The molecule has 1 fully saturated rings. The molecule has 0 aromatic heterocycles. The Morgan fingerprint density at radius 1 is 1.15 bits per heavy atom. The van der Waals surface area contributed by atoms with E-state index in [-0.39, 0.29) is 17.7 Å². The zero-order chi connectivity index (χ0) is 19.2. The second kappa shape index (κ2) is 6.05. The first-order valence-electron chi connectivity index (χ1n) is 8.20. The van der Waals surface area contributed by atoms with Gasteiger partial charge >= 0.3 is 5.97 Å². The average Bonchev–Trinajstić information content (AvgIpc) is 2.84. The van der Waals surface area contributed by atoms with Crippen molar-refractivity contribution in [3.05, 3.63) is 35.4 Å². The molecule has 3 rings (SSSR count). The van der Waals surface area contributed by atoms with Gasteiger partial charge in [0.2, 0.25) is 5.91 Å².